The number of hydrogen-bond donors (Lipinski definition) is 1. The van der Waals surface area contributed by atoms with Gasteiger partial charge in [0.15, 0.2) is 0 Å². The van der Waals surface area contributed by atoms with Crippen molar-refractivity contribution in [2.75, 3.05) is 0 Å². The molecule has 1 unspecified atom stereocenters. The third kappa shape index (κ3) is 2.81. The lowest BCUT2D eigenvalue weighted by Crippen LogP contribution is -2.28. The van der Waals surface area contributed by atoms with Gasteiger partial charge in [0, 0.05) is 0 Å². The second-order valence-corrected chi connectivity index (χ2v) is 5.34. The molecule has 1 nitrogen and oxygen atoms in total. The Morgan fingerprint density at radius 1 is 1.33 bits per heavy atom. The number of halogens is 3. The highest BCUT2D eigenvalue weighted by Gasteiger charge is 2.33. The van der Waals surface area contributed by atoms with Crippen LogP contribution in [0.1, 0.15) is 25.7 Å². The van der Waals surface area contributed by atoms with Crippen LogP contribution in [-0.2, 0) is 0 Å². The Morgan fingerprint density at radius 2 is 2.00 bits per heavy atom. The van der Waals surface area contributed by atoms with E-state index in [-0.39, 0.29) is 0 Å². The van der Waals surface area contributed by atoms with Gasteiger partial charge >= 0.3 is 0 Å². The summed E-state index contributed by atoms with van der Waals surface area (Å²) in [6, 6.07) is 0. The van der Waals surface area contributed by atoms with Crippen LogP contribution in [0.2, 0.25) is 0 Å². The molecule has 0 aromatic heterocycles. The highest BCUT2D eigenvalue weighted by molar-refractivity contribution is 6.68. The Bertz CT molecular complexity index is 183. The number of aliphatic hydroxyl groups is 1. The second kappa shape index (κ2) is 4.19. The Labute approximate surface area is 87.3 Å². The van der Waals surface area contributed by atoms with Crippen molar-refractivity contribution in [1.29, 1.82) is 0 Å². The predicted molar refractivity (Wildman–Crippen MR) is 52.8 cm³/mol. The van der Waals surface area contributed by atoms with Gasteiger partial charge in [0.25, 0.3) is 0 Å². The molecule has 0 spiro atoms. The fraction of sp³-hybridized carbons (Fsp3) is 0.750. The molecule has 0 saturated heterocycles. The van der Waals surface area contributed by atoms with Crippen LogP contribution in [0.25, 0.3) is 0 Å². The summed E-state index contributed by atoms with van der Waals surface area (Å²) in [6.45, 7) is 0. The molecule has 4 heteroatoms. The fourth-order valence-electron chi connectivity index (χ4n) is 1.32. The van der Waals surface area contributed by atoms with Crippen LogP contribution >= 0.6 is 34.8 Å². The summed E-state index contributed by atoms with van der Waals surface area (Å²) >= 11 is 16.7. The zero-order valence-corrected chi connectivity index (χ0v) is 8.83. The van der Waals surface area contributed by atoms with E-state index in [4.69, 9.17) is 34.8 Å². The van der Waals surface area contributed by atoms with Crippen LogP contribution in [0, 0.1) is 0 Å². The van der Waals surface area contributed by atoms with E-state index in [9.17, 15) is 5.11 Å². The number of aliphatic hydroxyl groups excluding tert-OH is 1. The maximum Gasteiger partial charge on any atom is 0.219 e. The monoisotopic (exact) mass is 228 g/mol. The van der Waals surface area contributed by atoms with Crippen molar-refractivity contribution in [3.63, 3.8) is 0 Å². The van der Waals surface area contributed by atoms with Crippen molar-refractivity contribution in [3.8, 4) is 0 Å². The first-order valence-electron chi connectivity index (χ1n) is 3.95. The molecule has 0 amide bonds. The molecule has 0 aliphatic heterocycles. The first-order valence-corrected chi connectivity index (χ1v) is 5.09. The van der Waals surface area contributed by atoms with Crippen LogP contribution in [0.3, 0.4) is 0 Å². The lowest BCUT2D eigenvalue weighted by molar-refractivity contribution is 0.208. The van der Waals surface area contributed by atoms with Crippen LogP contribution in [0.4, 0.5) is 0 Å². The van der Waals surface area contributed by atoms with Gasteiger partial charge in [-0.1, -0.05) is 40.9 Å². The lowest BCUT2D eigenvalue weighted by Gasteiger charge is -2.24. The van der Waals surface area contributed by atoms with E-state index in [1.165, 1.54) is 0 Å². The zero-order valence-electron chi connectivity index (χ0n) is 6.56. The molecule has 1 atom stereocenters. The maximum atomic E-state index is 9.55. The molecule has 0 radical (unpaired) electrons. The van der Waals surface area contributed by atoms with Gasteiger partial charge in [-0.3, -0.25) is 0 Å². The maximum absolute atomic E-state index is 9.55. The minimum absolute atomic E-state index is 0.842. The zero-order chi connectivity index (χ0) is 9.19. The number of alkyl halides is 3. The lowest BCUT2D eigenvalue weighted by atomic mass is 9.96. The number of allylic oxidation sites excluding steroid dienone is 1. The van der Waals surface area contributed by atoms with Crippen molar-refractivity contribution < 1.29 is 5.11 Å². The molecule has 70 valence electrons. The van der Waals surface area contributed by atoms with E-state index in [2.05, 4.69) is 0 Å². The first-order chi connectivity index (χ1) is 5.52. The summed E-state index contributed by atoms with van der Waals surface area (Å²) in [5.74, 6) is 0. The van der Waals surface area contributed by atoms with E-state index in [1.54, 1.807) is 0 Å². The predicted octanol–water partition coefficient (Wildman–Crippen LogP) is 3.22. The van der Waals surface area contributed by atoms with E-state index in [1.807, 2.05) is 6.08 Å². The number of rotatable bonds is 1. The largest absolute Gasteiger partial charge is 0.384 e. The van der Waals surface area contributed by atoms with Gasteiger partial charge in [-0.15, -0.1) is 0 Å². The Kier molecular flexibility index (Phi) is 3.72. The standard InChI is InChI=1S/C8H11Cl3O/c9-8(10,11)7(12)6-4-2-1-3-5-6/h4,7,12H,1-3,5H2. The summed E-state index contributed by atoms with van der Waals surface area (Å²) in [6.07, 6.45) is 5.08. The van der Waals surface area contributed by atoms with Gasteiger partial charge in [-0.2, -0.15) is 0 Å². The summed E-state index contributed by atoms with van der Waals surface area (Å²) < 4.78 is -1.58. The number of hydrogen-bond acceptors (Lipinski definition) is 1. The molecule has 1 aliphatic rings. The van der Waals surface area contributed by atoms with Gasteiger partial charge in [0.2, 0.25) is 3.79 Å². The molecule has 0 aromatic carbocycles. The summed E-state index contributed by atoms with van der Waals surface area (Å²) in [4.78, 5) is 0. The molecule has 0 saturated carbocycles. The van der Waals surface area contributed by atoms with Gasteiger partial charge in [0.05, 0.1) is 0 Å². The van der Waals surface area contributed by atoms with Crippen molar-refractivity contribution >= 4 is 34.8 Å². The van der Waals surface area contributed by atoms with Crippen molar-refractivity contribution in [3.05, 3.63) is 11.6 Å². The van der Waals surface area contributed by atoms with Gasteiger partial charge in [0.1, 0.15) is 6.10 Å². The van der Waals surface area contributed by atoms with Crippen molar-refractivity contribution in [2.24, 2.45) is 0 Å². The van der Waals surface area contributed by atoms with Crippen LogP contribution in [0.15, 0.2) is 11.6 Å². The molecule has 1 N–H and O–H groups in total. The molecule has 0 bridgehead atoms. The van der Waals surface area contributed by atoms with Gasteiger partial charge in [-0.05, 0) is 31.3 Å². The topological polar surface area (TPSA) is 20.2 Å². The average molecular weight is 230 g/mol. The SMILES string of the molecule is OC(C1=CCCCC1)C(Cl)(Cl)Cl. The minimum atomic E-state index is -1.58. The molecule has 0 aromatic rings. The molecule has 1 rings (SSSR count). The summed E-state index contributed by atoms with van der Waals surface area (Å²) in [5.41, 5.74) is 0.862. The van der Waals surface area contributed by atoms with E-state index in [0.717, 1.165) is 31.3 Å². The quantitative estimate of drug-likeness (QED) is 0.541. The third-order valence-corrected chi connectivity index (χ3v) is 2.61. The minimum Gasteiger partial charge on any atom is -0.384 e. The van der Waals surface area contributed by atoms with Gasteiger partial charge < -0.3 is 5.11 Å². The van der Waals surface area contributed by atoms with E-state index < -0.39 is 9.90 Å². The first kappa shape index (κ1) is 10.6. The van der Waals surface area contributed by atoms with Gasteiger partial charge in [-0.25, -0.2) is 0 Å². The molecule has 0 fully saturated rings. The summed E-state index contributed by atoms with van der Waals surface area (Å²) in [5, 5.41) is 9.55. The second-order valence-electron chi connectivity index (χ2n) is 2.97. The molecule has 12 heavy (non-hydrogen) atoms. The molecule has 0 heterocycles. The third-order valence-electron chi connectivity index (χ3n) is 1.99. The van der Waals surface area contributed by atoms with Crippen LogP contribution in [-0.4, -0.2) is 15.0 Å². The molecule has 1 aliphatic carbocycles. The Balaban J connectivity index is 2.62. The average Bonchev–Trinajstić information content (AvgIpc) is 2.03. The van der Waals surface area contributed by atoms with E-state index in [0.29, 0.717) is 0 Å². The van der Waals surface area contributed by atoms with E-state index >= 15 is 0 Å². The normalized spacial score (nSPS) is 21.8. The molecular weight excluding hydrogens is 218 g/mol. The fourth-order valence-corrected chi connectivity index (χ4v) is 1.74. The van der Waals surface area contributed by atoms with Crippen molar-refractivity contribution in [2.45, 2.75) is 35.6 Å². The Morgan fingerprint density at radius 3 is 2.42 bits per heavy atom. The molecular formula is C8H11Cl3O. The van der Waals surface area contributed by atoms with Crippen molar-refractivity contribution in [1.82, 2.24) is 0 Å². The van der Waals surface area contributed by atoms with Crippen LogP contribution < -0.4 is 0 Å². The highest BCUT2D eigenvalue weighted by Crippen LogP contribution is 2.36. The summed E-state index contributed by atoms with van der Waals surface area (Å²) in [7, 11) is 0. The Hall–Kier alpha value is 0.570. The van der Waals surface area contributed by atoms with Crippen LogP contribution in [0.5, 0.6) is 0 Å². The highest BCUT2D eigenvalue weighted by atomic mass is 35.6. The smallest absolute Gasteiger partial charge is 0.219 e.